The number of amides is 1. The minimum absolute atomic E-state index is 0.0435. The Hall–Kier alpha value is -1.46. The Kier molecular flexibility index (Phi) is 5.59. The largest absolute Gasteiger partial charge is 0.396 e. The van der Waals surface area contributed by atoms with Crippen LogP contribution in [-0.4, -0.2) is 40.6 Å². The van der Waals surface area contributed by atoms with Gasteiger partial charge in [-0.2, -0.15) is 0 Å². The van der Waals surface area contributed by atoms with Gasteiger partial charge in [-0.1, -0.05) is 0 Å². The third-order valence-corrected chi connectivity index (χ3v) is 2.53. The number of hydrogen-bond acceptors (Lipinski definition) is 4. The zero-order valence-electron chi connectivity index (χ0n) is 10.1. The first-order chi connectivity index (χ1) is 8.22. The number of nitrogens with two attached hydrogens (primary N) is 1. The van der Waals surface area contributed by atoms with Crippen LogP contribution >= 0.6 is 0 Å². The van der Waals surface area contributed by atoms with Gasteiger partial charge in [0.2, 0.25) is 0 Å². The molecule has 0 bridgehead atoms. The topological polar surface area (TPSA) is 79.5 Å². The van der Waals surface area contributed by atoms with Crippen LogP contribution in [0.15, 0.2) is 18.3 Å². The molecule has 94 valence electrons. The minimum atomic E-state index is -0.0435. The first kappa shape index (κ1) is 13.6. The van der Waals surface area contributed by atoms with Gasteiger partial charge in [0.05, 0.1) is 5.69 Å². The van der Waals surface area contributed by atoms with Crippen molar-refractivity contribution < 1.29 is 9.90 Å². The minimum Gasteiger partial charge on any atom is -0.396 e. The molecule has 0 fully saturated rings. The fraction of sp³-hybridized carbons (Fsp3) is 0.500. The predicted molar refractivity (Wildman–Crippen MR) is 65.4 cm³/mol. The SMILES string of the molecule is CCN(CCCO)C(=O)c1ccnc(CN)c1. The Balaban J connectivity index is 2.78. The Labute approximate surface area is 101 Å². The maximum atomic E-state index is 12.1. The Morgan fingerprint density at radius 2 is 2.35 bits per heavy atom. The molecular formula is C12H19N3O2. The number of nitrogens with zero attached hydrogens (tertiary/aromatic N) is 2. The summed E-state index contributed by atoms with van der Waals surface area (Å²) in [5.41, 5.74) is 6.79. The number of aliphatic hydroxyl groups is 1. The van der Waals surface area contributed by atoms with Gasteiger partial charge in [0.15, 0.2) is 0 Å². The lowest BCUT2D eigenvalue weighted by Crippen LogP contribution is -2.32. The van der Waals surface area contributed by atoms with Crippen LogP contribution in [0.4, 0.5) is 0 Å². The van der Waals surface area contributed by atoms with Crippen molar-refractivity contribution >= 4 is 5.91 Å². The molecule has 0 atom stereocenters. The van der Waals surface area contributed by atoms with Gasteiger partial charge < -0.3 is 15.7 Å². The number of aromatic nitrogens is 1. The lowest BCUT2D eigenvalue weighted by atomic mass is 10.2. The number of pyridine rings is 1. The molecule has 0 aliphatic heterocycles. The van der Waals surface area contributed by atoms with Gasteiger partial charge in [-0.3, -0.25) is 9.78 Å². The van der Waals surface area contributed by atoms with E-state index < -0.39 is 0 Å². The maximum Gasteiger partial charge on any atom is 0.253 e. The highest BCUT2D eigenvalue weighted by Gasteiger charge is 2.13. The molecule has 1 aromatic heterocycles. The van der Waals surface area contributed by atoms with Crippen LogP contribution in [0.25, 0.3) is 0 Å². The summed E-state index contributed by atoms with van der Waals surface area (Å²) in [6.45, 7) is 3.52. The van der Waals surface area contributed by atoms with Crippen LogP contribution in [-0.2, 0) is 6.54 Å². The number of rotatable bonds is 6. The number of carbonyl (C=O) groups is 1. The monoisotopic (exact) mass is 237 g/mol. The van der Waals surface area contributed by atoms with Crippen molar-refractivity contribution in [1.29, 1.82) is 0 Å². The van der Waals surface area contributed by atoms with E-state index in [2.05, 4.69) is 4.98 Å². The summed E-state index contributed by atoms with van der Waals surface area (Å²) < 4.78 is 0. The first-order valence-electron chi connectivity index (χ1n) is 5.78. The number of carbonyl (C=O) groups excluding carboxylic acids is 1. The number of hydrogen-bond donors (Lipinski definition) is 2. The van der Waals surface area contributed by atoms with Crippen LogP contribution in [0, 0.1) is 0 Å². The molecule has 5 heteroatoms. The van der Waals surface area contributed by atoms with Crippen molar-refractivity contribution in [2.45, 2.75) is 19.9 Å². The van der Waals surface area contributed by atoms with Gasteiger partial charge in [0.1, 0.15) is 0 Å². The summed E-state index contributed by atoms with van der Waals surface area (Å²) in [6, 6.07) is 3.40. The Morgan fingerprint density at radius 1 is 1.59 bits per heavy atom. The molecule has 1 rings (SSSR count). The van der Waals surface area contributed by atoms with E-state index in [1.165, 1.54) is 0 Å². The molecule has 0 saturated heterocycles. The average molecular weight is 237 g/mol. The van der Waals surface area contributed by atoms with Crippen molar-refractivity contribution in [1.82, 2.24) is 9.88 Å². The molecule has 0 aliphatic rings. The van der Waals surface area contributed by atoms with Crippen molar-refractivity contribution in [2.24, 2.45) is 5.73 Å². The van der Waals surface area contributed by atoms with Crippen molar-refractivity contribution in [3.63, 3.8) is 0 Å². The molecule has 17 heavy (non-hydrogen) atoms. The van der Waals surface area contributed by atoms with E-state index in [1.54, 1.807) is 23.2 Å². The van der Waals surface area contributed by atoms with Crippen LogP contribution in [0.3, 0.4) is 0 Å². The molecule has 1 heterocycles. The lowest BCUT2D eigenvalue weighted by molar-refractivity contribution is 0.0754. The highest BCUT2D eigenvalue weighted by molar-refractivity contribution is 5.94. The average Bonchev–Trinajstić information content (AvgIpc) is 2.39. The summed E-state index contributed by atoms with van der Waals surface area (Å²) in [5, 5.41) is 8.78. The third kappa shape index (κ3) is 3.80. The lowest BCUT2D eigenvalue weighted by Gasteiger charge is -2.20. The van der Waals surface area contributed by atoms with Gasteiger partial charge in [-0.05, 0) is 25.5 Å². The summed E-state index contributed by atoms with van der Waals surface area (Å²) in [4.78, 5) is 17.9. The summed E-state index contributed by atoms with van der Waals surface area (Å²) in [7, 11) is 0. The normalized spacial score (nSPS) is 10.3. The molecule has 0 aromatic carbocycles. The molecule has 1 aromatic rings. The molecule has 0 saturated carbocycles. The van der Waals surface area contributed by atoms with Crippen molar-refractivity contribution in [2.75, 3.05) is 19.7 Å². The molecule has 5 nitrogen and oxygen atoms in total. The van der Waals surface area contributed by atoms with E-state index >= 15 is 0 Å². The van der Waals surface area contributed by atoms with Crippen LogP contribution < -0.4 is 5.73 Å². The summed E-state index contributed by atoms with van der Waals surface area (Å²) in [6.07, 6.45) is 2.18. The molecule has 3 N–H and O–H groups in total. The van der Waals surface area contributed by atoms with Gasteiger partial charge in [0.25, 0.3) is 5.91 Å². The Morgan fingerprint density at radius 3 is 2.94 bits per heavy atom. The molecule has 0 radical (unpaired) electrons. The van der Waals surface area contributed by atoms with Crippen molar-refractivity contribution in [3.05, 3.63) is 29.6 Å². The van der Waals surface area contributed by atoms with Crippen LogP contribution in [0.5, 0.6) is 0 Å². The molecule has 1 amide bonds. The molecule has 0 spiro atoms. The van der Waals surface area contributed by atoms with Crippen LogP contribution in [0.2, 0.25) is 0 Å². The quantitative estimate of drug-likeness (QED) is 0.750. The van der Waals surface area contributed by atoms with E-state index in [0.29, 0.717) is 37.3 Å². The van der Waals surface area contributed by atoms with E-state index in [1.807, 2.05) is 6.92 Å². The Bertz CT molecular complexity index is 369. The standard InChI is InChI=1S/C12H19N3O2/c1-2-15(6-3-7-16)12(17)10-4-5-14-11(8-10)9-13/h4-5,8,16H,2-3,6-7,9,13H2,1H3. The van der Waals surface area contributed by atoms with E-state index in [0.717, 1.165) is 0 Å². The van der Waals surface area contributed by atoms with E-state index in [4.69, 9.17) is 10.8 Å². The van der Waals surface area contributed by atoms with Crippen molar-refractivity contribution in [3.8, 4) is 0 Å². The number of aliphatic hydroxyl groups excluding tert-OH is 1. The fourth-order valence-electron chi connectivity index (χ4n) is 1.57. The van der Waals surface area contributed by atoms with E-state index in [-0.39, 0.29) is 12.5 Å². The fourth-order valence-corrected chi connectivity index (χ4v) is 1.57. The highest BCUT2D eigenvalue weighted by atomic mass is 16.3. The third-order valence-electron chi connectivity index (χ3n) is 2.53. The van der Waals surface area contributed by atoms with Gasteiger partial charge in [-0.15, -0.1) is 0 Å². The zero-order valence-corrected chi connectivity index (χ0v) is 10.1. The van der Waals surface area contributed by atoms with Gasteiger partial charge >= 0.3 is 0 Å². The molecule has 0 unspecified atom stereocenters. The second kappa shape index (κ2) is 6.98. The van der Waals surface area contributed by atoms with Gasteiger partial charge in [0, 0.05) is 38.0 Å². The predicted octanol–water partition coefficient (Wildman–Crippen LogP) is 0.385. The summed E-state index contributed by atoms with van der Waals surface area (Å²) in [5.74, 6) is -0.0435. The second-order valence-electron chi connectivity index (χ2n) is 3.70. The highest BCUT2D eigenvalue weighted by Crippen LogP contribution is 2.06. The summed E-state index contributed by atoms with van der Waals surface area (Å²) >= 11 is 0. The second-order valence-corrected chi connectivity index (χ2v) is 3.70. The maximum absolute atomic E-state index is 12.1. The molecular weight excluding hydrogens is 218 g/mol. The van der Waals surface area contributed by atoms with Crippen LogP contribution in [0.1, 0.15) is 29.4 Å². The van der Waals surface area contributed by atoms with Gasteiger partial charge in [-0.25, -0.2) is 0 Å². The molecule has 0 aliphatic carbocycles. The first-order valence-corrected chi connectivity index (χ1v) is 5.78. The zero-order chi connectivity index (χ0) is 12.7. The van der Waals surface area contributed by atoms with E-state index in [9.17, 15) is 4.79 Å². The smallest absolute Gasteiger partial charge is 0.253 e.